The maximum atomic E-state index is 12.1. The average Bonchev–Trinajstić information content (AvgIpc) is 2.86. The molecule has 0 unspecified atom stereocenters. The number of hydrogen-bond acceptors (Lipinski definition) is 2. The summed E-state index contributed by atoms with van der Waals surface area (Å²) in [4.78, 5) is 12.1. The molecule has 2 heterocycles. The molecule has 94 valence electrons. The van der Waals surface area contributed by atoms with Crippen LogP contribution in [0.2, 0.25) is 0 Å². The summed E-state index contributed by atoms with van der Waals surface area (Å²) >= 11 is 2.19. The minimum absolute atomic E-state index is 0.109. The lowest BCUT2D eigenvalue weighted by molar-refractivity contribution is 0.102. The first-order chi connectivity index (χ1) is 9.22. The second-order valence-electron chi connectivity index (χ2n) is 4.08. The van der Waals surface area contributed by atoms with Crippen molar-refractivity contribution in [1.82, 2.24) is 9.61 Å². The summed E-state index contributed by atoms with van der Waals surface area (Å²) in [5, 5.41) is 7.00. The molecule has 4 nitrogen and oxygen atoms in total. The number of rotatable bonds is 2. The van der Waals surface area contributed by atoms with Crippen LogP contribution in [0.25, 0.3) is 5.52 Å². The summed E-state index contributed by atoms with van der Waals surface area (Å²) in [5.41, 5.74) is 2.36. The molecule has 5 heteroatoms. The number of nitrogens with one attached hydrogen (secondary N) is 1. The quantitative estimate of drug-likeness (QED) is 0.711. The maximum Gasteiger partial charge on any atom is 0.255 e. The van der Waals surface area contributed by atoms with E-state index in [1.54, 1.807) is 16.8 Å². The number of aromatic nitrogens is 2. The predicted octanol–water partition coefficient (Wildman–Crippen LogP) is 3.19. The molecule has 0 atom stereocenters. The minimum atomic E-state index is -0.109. The number of pyridine rings is 1. The highest BCUT2D eigenvalue weighted by Crippen LogP contribution is 2.14. The van der Waals surface area contributed by atoms with Crippen molar-refractivity contribution >= 4 is 39.7 Å². The lowest BCUT2D eigenvalue weighted by atomic mass is 10.2. The Balaban J connectivity index is 1.86. The van der Waals surface area contributed by atoms with Gasteiger partial charge in [-0.25, -0.2) is 4.52 Å². The van der Waals surface area contributed by atoms with Gasteiger partial charge in [-0.3, -0.25) is 4.79 Å². The van der Waals surface area contributed by atoms with Gasteiger partial charge in [-0.15, -0.1) is 0 Å². The Morgan fingerprint density at radius 1 is 1.21 bits per heavy atom. The average molecular weight is 363 g/mol. The molecule has 1 amide bonds. The van der Waals surface area contributed by atoms with Crippen molar-refractivity contribution in [2.24, 2.45) is 0 Å². The molecule has 2 aromatic heterocycles. The highest BCUT2D eigenvalue weighted by Gasteiger charge is 2.06. The van der Waals surface area contributed by atoms with Crippen molar-refractivity contribution in [3.8, 4) is 0 Å². The van der Waals surface area contributed by atoms with E-state index in [1.165, 1.54) is 0 Å². The molecular formula is C14H10IN3O. The Morgan fingerprint density at radius 2 is 2.11 bits per heavy atom. The summed E-state index contributed by atoms with van der Waals surface area (Å²) in [6, 6.07) is 13.1. The monoisotopic (exact) mass is 363 g/mol. The van der Waals surface area contributed by atoms with E-state index in [9.17, 15) is 4.79 Å². The van der Waals surface area contributed by atoms with Gasteiger partial charge in [0, 0.05) is 27.2 Å². The zero-order valence-corrected chi connectivity index (χ0v) is 12.0. The normalized spacial score (nSPS) is 10.6. The third-order valence-corrected chi connectivity index (χ3v) is 3.42. The molecule has 19 heavy (non-hydrogen) atoms. The number of anilines is 1. The van der Waals surface area contributed by atoms with Gasteiger partial charge in [-0.05, 0) is 59.0 Å². The molecule has 1 aromatic carbocycles. The van der Waals surface area contributed by atoms with Crippen molar-refractivity contribution in [3.05, 3.63) is 64.0 Å². The van der Waals surface area contributed by atoms with E-state index >= 15 is 0 Å². The van der Waals surface area contributed by atoms with Crippen LogP contribution in [0, 0.1) is 3.57 Å². The SMILES string of the molecule is O=C(Nc1ccn2nccc2c1)c1cccc(I)c1. The molecule has 0 bridgehead atoms. The number of amides is 1. The maximum absolute atomic E-state index is 12.1. The van der Waals surface area contributed by atoms with Crippen molar-refractivity contribution < 1.29 is 4.79 Å². The van der Waals surface area contributed by atoms with Gasteiger partial charge in [0.05, 0.1) is 5.52 Å². The molecule has 0 aliphatic rings. The van der Waals surface area contributed by atoms with Gasteiger partial charge in [0.1, 0.15) is 0 Å². The number of carbonyl (C=O) groups is 1. The molecule has 0 radical (unpaired) electrons. The predicted molar refractivity (Wildman–Crippen MR) is 82.3 cm³/mol. The van der Waals surface area contributed by atoms with Gasteiger partial charge >= 0.3 is 0 Å². The standard InChI is InChI=1S/C14H10IN3O/c15-11-3-1-2-10(8-11)14(19)17-12-5-7-18-13(9-12)4-6-16-18/h1-9H,(H,17,19). The van der Waals surface area contributed by atoms with Gasteiger partial charge in [0.25, 0.3) is 5.91 Å². The van der Waals surface area contributed by atoms with E-state index in [-0.39, 0.29) is 5.91 Å². The molecule has 0 aliphatic heterocycles. The number of fused-ring (bicyclic) bond motifs is 1. The molecule has 0 fully saturated rings. The Morgan fingerprint density at radius 3 is 2.95 bits per heavy atom. The van der Waals surface area contributed by atoms with E-state index in [2.05, 4.69) is 33.0 Å². The van der Waals surface area contributed by atoms with Crippen LogP contribution >= 0.6 is 22.6 Å². The van der Waals surface area contributed by atoms with Crippen LogP contribution in [-0.4, -0.2) is 15.5 Å². The third kappa shape index (κ3) is 2.60. The number of halogens is 1. The molecule has 0 spiro atoms. The number of hydrogen-bond donors (Lipinski definition) is 1. The van der Waals surface area contributed by atoms with Gasteiger partial charge in [-0.1, -0.05) is 6.07 Å². The Labute approximate surface area is 123 Å². The first-order valence-electron chi connectivity index (χ1n) is 5.73. The Kier molecular flexibility index (Phi) is 3.20. The van der Waals surface area contributed by atoms with Gasteiger partial charge < -0.3 is 5.32 Å². The first kappa shape index (κ1) is 12.2. The van der Waals surface area contributed by atoms with E-state index in [4.69, 9.17) is 0 Å². The smallest absolute Gasteiger partial charge is 0.255 e. The fourth-order valence-electron chi connectivity index (χ4n) is 1.83. The fraction of sp³-hybridized carbons (Fsp3) is 0. The van der Waals surface area contributed by atoms with Crippen LogP contribution in [0.4, 0.5) is 5.69 Å². The van der Waals surface area contributed by atoms with E-state index in [1.807, 2.05) is 42.6 Å². The van der Waals surface area contributed by atoms with Crippen LogP contribution in [0.1, 0.15) is 10.4 Å². The minimum Gasteiger partial charge on any atom is -0.322 e. The summed E-state index contributed by atoms with van der Waals surface area (Å²) in [6.45, 7) is 0. The van der Waals surface area contributed by atoms with Crippen LogP contribution in [0.5, 0.6) is 0 Å². The fourth-order valence-corrected chi connectivity index (χ4v) is 2.38. The third-order valence-electron chi connectivity index (χ3n) is 2.74. The Bertz CT molecular complexity index is 751. The van der Waals surface area contributed by atoms with Gasteiger partial charge in [0.2, 0.25) is 0 Å². The van der Waals surface area contributed by atoms with Crippen molar-refractivity contribution in [2.45, 2.75) is 0 Å². The van der Waals surface area contributed by atoms with Crippen molar-refractivity contribution in [2.75, 3.05) is 5.32 Å². The molecular weight excluding hydrogens is 353 g/mol. The van der Waals surface area contributed by atoms with Crippen LogP contribution < -0.4 is 5.32 Å². The van der Waals surface area contributed by atoms with Crippen LogP contribution in [0.15, 0.2) is 54.9 Å². The van der Waals surface area contributed by atoms with Gasteiger partial charge in [-0.2, -0.15) is 5.10 Å². The molecule has 1 N–H and O–H groups in total. The topological polar surface area (TPSA) is 46.4 Å². The van der Waals surface area contributed by atoms with Crippen molar-refractivity contribution in [3.63, 3.8) is 0 Å². The van der Waals surface area contributed by atoms with E-state index in [0.29, 0.717) is 5.56 Å². The lowest BCUT2D eigenvalue weighted by Crippen LogP contribution is -2.12. The van der Waals surface area contributed by atoms with E-state index < -0.39 is 0 Å². The number of nitrogens with zero attached hydrogens (tertiary/aromatic N) is 2. The lowest BCUT2D eigenvalue weighted by Gasteiger charge is -2.06. The van der Waals surface area contributed by atoms with E-state index in [0.717, 1.165) is 14.8 Å². The first-order valence-corrected chi connectivity index (χ1v) is 6.80. The molecule has 0 saturated carbocycles. The largest absolute Gasteiger partial charge is 0.322 e. The van der Waals surface area contributed by atoms with Crippen LogP contribution in [-0.2, 0) is 0 Å². The highest BCUT2D eigenvalue weighted by molar-refractivity contribution is 14.1. The zero-order valence-electron chi connectivity index (χ0n) is 9.88. The summed E-state index contributed by atoms with van der Waals surface area (Å²) in [6.07, 6.45) is 3.54. The summed E-state index contributed by atoms with van der Waals surface area (Å²) in [7, 11) is 0. The number of carbonyl (C=O) groups excluding carboxylic acids is 1. The molecule has 3 rings (SSSR count). The zero-order chi connectivity index (χ0) is 13.2. The molecule has 3 aromatic rings. The van der Waals surface area contributed by atoms with Crippen LogP contribution in [0.3, 0.4) is 0 Å². The molecule has 0 saturated heterocycles. The second-order valence-corrected chi connectivity index (χ2v) is 5.33. The summed E-state index contributed by atoms with van der Waals surface area (Å²) < 4.78 is 2.79. The highest BCUT2D eigenvalue weighted by atomic mass is 127. The Hall–Kier alpha value is -1.89. The van der Waals surface area contributed by atoms with Gasteiger partial charge in [0.15, 0.2) is 0 Å². The van der Waals surface area contributed by atoms with Crippen molar-refractivity contribution in [1.29, 1.82) is 0 Å². The number of benzene rings is 1. The summed E-state index contributed by atoms with van der Waals surface area (Å²) in [5.74, 6) is -0.109. The molecule has 0 aliphatic carbocycles. The second kappa shape index (κ2) is 5.00.